The normalized spacial score (nSPS) is 10.6. The van der Waals surface area contributed by atoms with Crippen molar-refractivity contribution in [1.29, 1.82) is 0 Å². The van der Waals surface area contributed by atoms with Gasteiger partial charge in [-0.2, -0.15) is 0 Å². The summed E-state index contributed by atoms with van der Waals surface area (Å²) in [6.45, 7) is 8.65. The Morgan fingerprint density at radius 2 is 1.50 bits per heavy atom. The average Bonchev–Trinajstić information content (AvgIpc) is 2.61. The van der Waals surface area contributed by atoms with Gasteiger partial charge in [-0.05, 0) is 43.0 Å². The molecule has 2 aromatic rings. The Hall–Kier alpha value is -2.02. The number of anilines is 1. The van der Waals surface area contributed by atoms with Crippen molar-refractivity contribution < 1.29 is 0 Å². The maximum atomic E-state index is 4.28. The Balaban J connectivity index is 1.92. The molecule has 0 aliphatic carbocycles. The van der Waals surface area contributed by atoms with Crippen molar-refractivity contribution in [3.05, 3.63) is 71.8 Å². The lowest BCUT2D eigenvalue weighted by Gasteiger charge is -2.22. The van der Waals surface area contributed by atoms with Gasteiger partial charge in [-0.3, -0.25) is 0 Å². The summed E-state index contributed by atoms with van der Waals surface area (Å²) < 4.78 is 0. The molecule has 0 unspecified atom stereocenters. The molecular weight excluding hydrogens is 290 g/mol. The van der Waals surface area contributed by atoms with Gasteiger partial charge in [0.2, 0.25) is 0 Å². The van der Waals surface area contributed by atoms with Crippen LogP contribution in [0.1, 0.15) is 55.7 Å². The number of rotatable bonds is 9. The second-order valence-electron chi connectivity index (χ2n) is 6.70. The Labute approximate surface area is 148 Å². The lowest BCUT2D eigenvalue weighted by atomic mass is 10.0. The summed E-state index contributed by atoms with van der Waals surface area (Å²) in [6, 6.07) is 17.5. The number of hydrogen-bond acceptors (Lipinski definition) is 1. The molecule has 0 saturated heterocycles. The van der Waals surface area contributed by atoms with Crippen LogP contribution < -0.4 is 4.90 Å². The highest BCUT2D eigenvalue weighted by molar-refractivity contribution is 5.77. The molecule has 2 rings (SSSR count). The highest BCUT2D eigenvalue weighted by Gasteiger charge is 2.07. The molecule has 0 bridgehead atoms. The SMILES string of the molecule is C=C(c1ccc(CCCCCCC)cc1)N(C)c1ccc(C)cc1. The Morgan fingerprint density at radius 3 is 2.12 bits per heavy atom. The molecule has 0 saturated carbocycles. The van der Waals surface area contributed by atoms with Gasteiger partial charge in [0.15, 0.2) is 0 Å². The topological polar surface area (TPSA) is 3.24 Å². The molecule has 128 valence electrons. The number of benzene rings is 2. The van der Waals surface area contributed by atoms with Crippen LogP contribution in [0, 0.1) is 6.92 Å². The lowest BCUT2D eigenvalue weighted by molar-refractivity contribution is 0.632. The molecule has 0 aliphatic heterocycles. The van der Waals surface area contributed by atoms with Crippen molar-refractivity contribution in [2.24, 2.45) is 0 Å². The first kappa shape index (κ1) is 18.3. The fourth-order valence-corrected chi connectivity index (χ4v) is 2.91. The Kier molecular flexibility index (Phi) is 7.11. The predicted octanol–water partition coefficient (Wildman–Crippen LogP) is 6.62. The van der Waals surface area contributed by atoms with Crippen LogP contribution in [-0.4, -0.2) is 7.05 Å². The predicted molar refractivity (Wildman–Crippen MR) is 108 cm³/mol. The number of nitrogens with zero attached hydrogens (tertiary/aromatic N) is 1. The molecule has 0 fully saturated rings. The van der Waals surface area contributed by atoms with Gasteiger partial charge >= 0.3 is 0 Å². The molecule has 1 heteroatoms. The minimum absolute atomic E-state index is 1.04. The minimum Gasteiger partial charge on any atom is -0.345 e. The minimum atomic E-state index is 1.04. The van der Waals surface area contributed by atoms with Crippen LogP contribution in [0.3, 0.4) is 0 Å². The van der Waals surface area contributed by atoms with E-state index in [-0.39, 0.29) is 0 Å². The van der Waals surface area contributed by atoms with Crippen LogP contribution in [-0.2, 0) is 6.42 Å². The monoisotopic (exact) mass is 321 g/mol. The molecule has 0 atom stereocenters. The van der Waals surface area contributed by atoms with Crippen molar-refractivity contribution in [2.45, 2.75) is 52.4 Å². The lowest BCUT2D eigenvalue weighted by Crippen LogP contribution is -2.14. The number of hydrogen-bond donors (Lipinski definition) is 0. The van der Waals surface area contributed by atoms with Gasteiger partial charge in [-0.15, -0.1) is 0 Å². The van der Waals surface area contributed by atoms with Crippen molar-refractivity contribution >= 4 is 11.4 Å². The summed E-state index contributed by atoms with van der Waals surface area (Å²) in [6.07, 6.45) is 7.87. The van der Waals surface area contributed by atoms with E-state index in [2.05, 4.69) is 80.9 Å². The third kappa shape index (κ3) is 5.26. The average molecular weight is 322 g/mol. The molecule has 0 aliphatic rings. The van der Waals surface area contributed by atoms with E-state index in [0.717, 1.165) is 5.70 Å². The summed E-state index contributed by atoms with van der Waals surface area (Å²) in [5, 5.41) is 0. The zero-order valence-electron chi connectivity index (χ0n) is 15.5. The second-order valence-corrected chi connectivity index (χ2v) is 6.70. The smallest absolute Gasteiger partial charge is 0.0408 e. The van der Waals surface area contributed by atoms with E-state index in [9.17, 15) is 0 Å². The number of unbranched alkanes of at least 4 members (excludes halogenated alkanes) is 4. The summed E-state index contributed by atoms with van der Waals surface area (Å²) in [7, 11) is 2.08. The first-order valence-corrected chi connectivity index (χ1v) is 9.20. The first-order valence-electron chi connectivity index (χ1n) is 9.20. The van der Waals surface area contributed by atoms with E-state index in [1.54, 1.807) is 0 Å². The van der Waals surface area contributed by atoms with E-state index >= 15 is 0 Å². The molecule has 24 heavy (non-hydrogen) atoms. The molecule has 0 aromatic heterocycles. The quantitative estimate of drug-likeness (QED) is 0.469. The standard InChI is InChI=1S/C23H31N/c1-5-6-7-8-9-10-21-13-15-22(16-14-21)20(3)24(4)23-17-11-19(2)12-18-23/h11-18H,3,5-10H2,1-2,4H3. The number of aryl methyl sites for hydroxylation is 2. The molecule has 0 spiro atoms. The van der Waals surface area contributed by atoms with Gasteiger partial charge in [-0.25, -0.2) is 0 Å². The van der Waals surface area contributed by atoms with Gasteiger partial charge in [0.1, 0.15) is 0 Å². The van der Waals surface area contributed by atoms with Gasteiger partial charge in [0, 0.05) is 18.4 Å². The van der Waals surface area contributed by atoms with Gasteiger partial charge in [0.05, 0.1) is 0 Å². The fourth-order valence-electron chi connectivity index (χ4n) is 2.91. The van der Waals surface area contributed by atoms with Crippen molar-refractivity contribution in [1.82, 2.24) is 0 Å². The maximum absolute atomic E-state index is 4.28. The first-order chi connectivity index (χ1) is 11.6. The van der Waals surface area contributed by atoms with Crippen LogP contribution in [0.2, 0.25) is 0 Å². The molecular formula is C23H31N. The van der Waals surface area contributed by atoms with Crippen molar-refractivity contribution in [2.75, 3.05) is 11.9 Å². The summed E-state index contributed by atoms with van der Waals surface area (Å²) in [5.41, 5.74) is 6.11. The summed E-state index contributed by atoms with van der Waals surface area (Å²) in [4.78, 5) is 2.15. The molecule has 0 radical (unpaired) electrons. The Bertz CT molecular complexity index is 622. The van der Waals surface area contributed by atoms with Crippen molar-refractivity contribution in [3.63, 3.8) is 0 Å². The zero-order chi connectivity index (χ0) is 17.4. The van der Waals surface area contributed by atoms with Crippen LogP contribution in [0.15, 0.2) is 55.1 Å². The van der Waals surface area contributed by atoms with E-state index in [4.69, 9.17) is 0 Å². The maximum Gasteiger partial charge on any atom is 0.0408 e. The highest BCUT2D eigenvalue weighted by atomic mass is 15.1. The molecule has 0 heterocycles. The molecule has 0 amide bonds. The van der Waals surface area contributed by atoms with Gasteiger partial charge in [0.25, 0.3) is 0 Å². The Morgan fingerprint density at radius 1 is 0.875 bits per heavy atom. The molecule has 2 aromatic carbocycles. The zero-order valence-corrected chi connectivity index (χ0v) is 15.5. The van der Waals surface area contributed by atoms with Gasteiger partial charge < -0.3 is 4.90 Å². The highest BCUT2D eigenvalue weighted by Crippen LogP contribution is 2.24. The molecule has 0 N–H and O–H groups in total. The third-order valence-corrected chi connectivity index (χ3v) is 4.68. The fraction of sp³-hybridized carbons (Fsp3) is 0.391. The summed E-state index contributed by atoms with van der Waals surface area (Å²) >= 11 is 0. The van der Waals surface area contributed by atoms with E-state index in [0.29, 0.717) is 0 Å². The van der Waals surface area contributed by atoms with E-state index in [1.807, 2.05) is 0 Å². The van der Waals surface area contributed by atoms with Crippen LogP contribution in [0.5, 0.6) is 0 Å². The second kappa shape index (κ2) is 9.32. The van der Waals surface area contributed by atoms with E-state index in [1.165, 1.54) is 60.9 Å². The van der Waals surface area contributed by atoms with Crippen molar-refractivity contribution in [3.8, 4) is 0 Å². The van der Waals surface area contributed by atoms with Gasteiger partial charge in [-0.1, -0.05) is 81.1 Å². The molecule has 1 nitrogen and oxygen atoms in total. The summed E-state index contributed by atoms with van der Waals surface area (Å²) in [5.74, 6) is 0. The van der Waals surface area contributed by atoms with Crippen LogP contribution in [0.4, 0.5) is 5.69 Å². The van der Waals surface area contributed by atoms with E-state index < -0.39 is 0 Å². The van der Waals surface area contributed by atoms with Crippen LogP contribution in [0.25, 0.3) is 5.70 Å². The largest absolute Gasteiger partial charge is 0.345 e. The van der Waals surface area contributed by atoms with Crippen LogP contribution >= 0.6 is 0 Å². The third-order valence-electron chi connectivity index (χ3n) is 4.68.